The molecule has 0 unspecified atom stereocenters. The van der Waals surface area contributed by atoms with E-state index in [0.717, 1.165) is 34.5 Å². The van der Waals surface area contributed by atoms with Gasteiger partial charge in [-0.25, -0.2) is 4.79 Å². The predicted octanol–water partition coefficient (Wildman–Crippen LogP) is 6.42. The first-order chi connectivity index (χ1) is 17.1. The molecule has 2 N–H and O–H groups in total. The number of nitrogens with zero attached hydrogens (tertiary/aromatic N) is 1. The van der Waals surface area contributed by atoms with E-state index < -0.39 is 11.2 Å². The van der Waals surface area contributed by atoms with Crippen LogP contribution in [0.1, 0.15) is 13.3 Å². The molecule has 8 heteroatoms. The van der Waals surface area contributed by atoms with Crippen molar-refractivity contribution in [2.24, 2.45) is 0 Å². The fourth-order valence-corrected chi connectivity index (χ4v) is 5.29. The Labute approximate surface area is 209 Å². The topological polar surface area (TPSA) is 84.5 Å². The molecule has 0 radical (unpaired) electrons. The molecular formula is C27H22N2O4S2. The second-order valence-electron chi connectivity index (χ2n) is 7.84. The number of pyridine rings is 1. The summed E-state index contributed by atoms with van der Waals surface area (Å²) in [6.45, 7) is 2.12. The van der Waals surface area contributed by atoms with Crippen molar-refractivity contribution in [2.75, 3.05) is 10.5 Å². The average Bonchev–Trinajstić information content (AvgIpc) is 2.88. The van der Waals surface area contributed by atoms with Crippen LogP contribution >= 0.6 is 23.7 Å². The van der Waals surface area contributed by atoms with Crippen molar-refractivity contribution < 1.29 is 9.52 Å². The molecule has 0 aliphatic carbocycles. The molecule has 176 valence electrons. The molecule has 0 aliphatic heterocycles. The van der Waals surface area contributed by atoms with Gasteiger partial charge in [0.1, 0.15) is 10.3 Å². The molecule has 5 rings (SSSR count). The van der Waals surface area contributed by atoms with Crippen LogP contribution in [0.4, 0.5) is 5.69 Å². The molecule has 0 atom stereocenters. The van der Waals surface area contributed by atoms with Crippen LogP contribution in [0, 0.1) is 0 Å². The lowest BCUT2D eigenvalue weighted by atomic mass is 10.1. The lowest BCUT2D eigenvalue weighted by Gasteiger charge is -2.14. The number of anilines is 1. The van der Waals surface area contributed by atoms with Crippen LogP contribution in [0.5, 0.6) is 5.75 Å². The summed E-state index contributed by atoms with van der Waals surface area (Å²) in [5.74, 6) is 0.625. The third kappa shape index (κ3) is 4.42. The zero-order chi connectivity index (χ0) is 24.4. The number of hydrogen-bond acceptors (Lipinski definition) is 7. The lowest BCUT2D eigenvalue weighted by molar-refractivity contribution is 0.447. The minimum Gasteiger partial charge on any atom is -0.505 e. The highest BCUT2D eigenvalue weighted by Gasteiger charge is 2.22. The minimum atomic E-state index is -0.692. The Morgan fingerprint density at radius 2 is 1.66 bits per heavy atom. The van der Waals surface area contributed by atoms with E-state index in [1.54, 1.807) is 30.1 Å². The molecule has 35 heavy (non-hydrogen) atoms. The second kappa shape index (κ2) is 9.93. The van der Waals surface area contributed by atoms with Crippen LogP contribution in [0.15, 0.2) is 103 Å². The number of hydrogen-bond donors (Lipinski definition) is 2. The predicted molar refractivity (Wildman–Crippen MR) is 144 cm³/mol. The van der Waals surface area contributed by atoms with Gasteiger partial charge < -0.3 is 14.2 Å². The van der Waals surface area contributed by atoms with Crippen molar-refractivity contribution in [2.45, 2.75) is 23.1 Å². The monoisotopic (exact) mass is 502 g/mol. The van der Waals surface area contributed by atoms with Gasteiger partial charge in [0.15, 0.2) is 11.3 Å². The van der Waals surface area contributed by atoms with Gasteiger partial charge >= 0.3 is 5.63 Å². The van der Waals surface area contributed by atoms with E-state index >= 15 is 0 Å². The number of aromatic nitrogens is 1. The number of rotatable bonds is 7. The van der Waals surface area contributed by atoms with Crippen LogP contribution in [-0.2, 0) is 0 Å². The molecule has 2 heterocycles. The van der Waals surface area contributed by atoms with Gasteiger partial charge in [0, 0.05) is 27.4 Å². The Balaban J connectivity index is 1.65. The summed E-state index contributed by atoms with van der Waals surface area (Å²) in [5, 5.41) is 11.7. The van der Waals surface area contributed by atoms with Crippen molar-refractivity contribution in [1.82, 2.24) is 4.57 Å². The van der Waals surface area contributed by atoms with Crippen LogP contribution in [-0.4, -0.2) is 15.4 Å². The molecule has 0 bridgehead atoms. The largest absolute Gasteiger partial charge is 0.505 e. The van der Waals surface area contributed by atoms with E-state index in [-0.39, 0.29) is 21.6 Å². The van der Waals surface area contributed by atoms with Crippen molar-refractivity contribution in [1.29, 1.82) is 0 Å². The number of para-hydroxylation sites is 2. The summed E-state index contributed by atoms with van der Waals surface area (Å²) >= 11 is 2.70. The number of nitrogens with one attached hydrogen (secondary N) is 1. The Bertz CT molecular complexity index is 1630. The molecular weight excluding hydrogens is 480 g/mol. The standard InChI is InChI=1S/C27H22N2O4S2/c1-2-16-34-28-17-12-14-19(15-13-17)35-25-23(30)22-24(33-27(25)32)20-10-6-7-11-21(20)29(26(22)31)18-8-4-3-5-9-18/h3-15,28,30H,2,16H2,1H3. The summed E-state index contributed by atoms with van der Waals surface area (Å²) in [4.78, 5) is 27.3. The van der Waals surface area contributed by atoms with E-state index in [2.05, 4.69) is 11.6 Å². The Hall–Kier alpha value is -3.62. The molecule has 0 amide bonds. The summed E-state index contributed by atoms with van der Waals surface area (Å²) < 4.78 is 10.4. The maximum Gasteiger partial charge on any atom is 0.354 e. The summed E-state index contributed by atoms with van der Waals surface area (Å²) in [6.07, 6.45) is 1.07. The van der Waals surface area contributed by atoms with Gasteiger partial charge in [-0.05, 0) is 55.0 Å². The second-order valence-corrected chi connectivity index (χ2v) is 9.83. The molecule has 0 fully saturated rings. The lowest BCUT2D eigenvalue weighted by Crippen LogP contribution is -2.20. The minimum absolute atomic E-state index is 0.0226. The first kappa shape index (κ1) is 23.1. The Morgan fingerprint density at radius 3 is 2.40 bits per heavy atom. The molecule has 3 aromatic carbocycles. The summed E-state index contributed by atoms with van der Waals surface area (Å²) in [7, 11) is 0. The van der Waals surface area contributed by atoms with Gasteiger partial charge in [-0.2, -0.15) is 0 Å². The molecule has 2 aromatic heterocycles. The Kier molecular flexibility index (Phi) is 6.57. The molecule has 0 saturated heterocycles. The van der Waals surface area contributed by atoms with Crippen LogP contribution in [0.3, 0.4) is 0 Å². The highest BCUT2D eigenvalue weighted by Crippen LogP contribution is 2.37. The molecule has 0 saturated carbocycles. The first-order valence-corrected chi connectivity index (χ1v) is 12.9. The fraction of sp³-hybridized carbons (Fsp3) is 0.111. The van der Waals surface area contributed by atoms with Crippen LogP contribution in [0.25, 0.3) is 27.6 Å². The maximum atomic E-state index is 13.7. The van der Waals surface area contributed by atoms with E-state index in [4.69, 9.17) is 4.42 Å². The van der Waals surface area contributed by atoms with E-state index in [0.29, 0.717) is 16.6 Å². The summed E-state index contributed by atoms with van der Waals surface area (Å²) in [5.41, 5.74) is 1.11. The average molecular weight is 503 g/mol. The van der Waals surface area contributed by atoms with E-state index in [1.165, 1.54) is 4.57 Å². The third-order valence-electron chi connectivity index (χ3n) is 5.45. The van der Waals surface area contributed by atoms with Crippen LogP contribution in [0.2, 0.25) is 0 Å². The molecule has 6 nitrogen and oxygen atoms in total. The smallest absolute Gasteiger partial charge is 0.354 e. The van der Waals surface area contributed by atoms with Gasteiger partial charge in [0.25, 0.3) is 5.56 Å². The van der Waals surface area contributed by atoms with Gasteiger partial charge in [0.05, 0.1) is 5.52 Å². The normalized spacial score (nSPS) is 11.2. The molecule has 0 spiro atoms. The number of fused-ring (bicyclic) bond motifs is 3. The van der Waals surface area contributed by atoms with Gasteiger partial charge in [-0.15, -0.1) is 0 Å². The van der Waals surface area contributed by atoms with Crippen molar-refractivity contribution in [3.8, 4) is 11.4 Å². The van der Waals surface area contributed by atoms with E-state index in [9.17, 15) is 14.7 Å². The highest BCUT2D eigenvalue weighted by atomic mass is 32.2. The molecule has 0 aliphatic rings. The molecule has 5 aromatic rings. The maximum absolute atomic E-state index is 13.7. The van der Waals surface area contributed by atoms with E-state index in [1.807, 2.05) is 60.7 Å². The van der Waals surface area contributed by atoms with Gasteiger partial charge in [-0.1, -0.05) is 61.0 Å². The van der Waals surface area contributed by atoms with Crippen molar-refractivity contribution >= 4 is 51.3 Å². The number of benzene rings is 3. The Morgan fingerprint density at radius 1 is 0.943 bits per heavy atom. The van der Waals surface area contributed by atoms with Crippen LogP contribution < -0.4 is 15.9 Å². The highest BCUT2D eigenvalue weighted by molar-refractivity contribution is 8.00. The zero-order valence-corrected chi connectivity index (χ0v) is 20.5. The van der Waals surface area contributed by atoms with Gasteiger partial charge in [0.2, 0.25) is 0 Å². The zero-order valence-electron chi connectivity index (χ0n) is 18.9. The van der Waals surface area contributed by atoms with Gasteiger partial charge in [-0.3, -0.25) is 9.36 Å². The van der Waals surface area contributed by atoms with Crippen molar-refractivity contribution in [3.05, 3.63) is 99.6 Å². The summed E-state index contributed by atoms with van der Waals surface area (Å²) in [6, 6.07) is 23.9. The fourth-order valence-electron chi connectivity index (χ4n) is 3.85. The first-order valence-electron chi connectivity index (χ1n) is 11.1. The SMILES string of the molecule is CCCSNc1ccc(Sc2c(O)c3c(=O)n(-c4ccccc4)c4ccccc4c3oc2=O)cc1. The third-order valence-corrected chi connectivity index (χ3v) is 7.51. The van der Waals surface area contributed by atoms with Crippen molar-refractivity contribution in [3.63, 3.8) is 0 Å². The number of aromatic hydroxyl groups is 1. The quantitative estimate of drug-likeness (QED) is 0.151.